The van der Waals surface area contributed by atoms with E-state index in [9.17, 15) is 14.4 Å². The molecule has 0 radical (unpaired) electrons. The van der Waals surface area contributed by atoms with E-state index in [-0.39, 0.29) is 42.2 Å². The molecule has 128 valence electrons. The van der Waals surface area contributed by atoms with Gasteiger partial charge in [0, 0.05) is 11.6 Å². The van der Waals surface area contributed by atoms with Gasteiger partial charge in [0.1, 0.15) is 5.75 Å². The Morgan fingerprint density at radius 1 is 1.29 bits per heavy atom. The van der Waals surface area contributed by atoms with Crippen molar-refractivity contribution in [2.45, 2.75) is 27.2 Å². The molecule has 0 unspecified atom stereocenters. The number of carbonyl (C=O) groups is 3. The Bertz CT molecular complexity index is 722. The van der Waals surface area contributed by atoms with Crippen LogP contribution >= 0.6 is 11.6 Å². The minimum absolute atomic E-state index is 0.0722. The fraction of sp³-hybridized carbons (Fsp3) is 0.353. The number of esters is 1. The molecule has 1 heterocycles. The van der Waals surface area contributed by atoms with Gasteiger partial charge in [-0.25, -0.2) is 9.69 Å². The molecule has 6 nitrogen and oxygen atoms in total. The summed E-state index contributed by atoms with van der Waals surface area (Å²) in [5, 5.41) is 0.268. The van der Waals surface area contributed by atoms with E-state index in [0.29, 0.717) is 11.3 Å². The van der Waals surface area contributed by atoms with Gasteiger partial charge >= 0.3 is 5.97 Å². The molecule has 24 heavy (non-hydrogen) atoms. The number of nitrogens with zero attached hydrogens (tertiary/aromatic N) is 1. The second kappa shape index (κ2) is 7.49. The number of halogens is 1. The van der Waals surface area contributed by atoms with E-state index in [1.165, 1.54) is 12.1 Å². The Balaban J connectivity index is 2.25. The minimum Gasteiger partial charge on any atom is -0.480 e. The van der Waals surface area contributed by atoms with Gasteiger partial charge in [-0.15, -0.1) is 0 Å². The number of hydrogen-bond acceptors (Lipinski definition) is 5. The molecule has 7 heteroatoms. The number of allylic oxidation sites excluding steroid dienone is 1. The average Bonchev–Trinajstić information content (AvgIpc) is 2.82. The minimum atomic E-state index is -0.529. The smallest absolute Gasteiger partial charge is 0.344 e. The second-order valence-electron chi connectivity index (χ2n) is 5.40. The van der Waals surface area contributed by atoms with Gasteiger partial charge < -0.3 is 9.47 Å². The number of benzene rings is 1. The number of amides is 2. The van der Waals surface area contributed by atoms with Crippen molar-refractivity contribution >= 4 is 35.1 Å². The van der Waals surface area contributed by atoms with Gasteiger partial charge in [-0.2, -0.15) is 0 Å². The molecule has 1 saturated heterocycles. The van der Waals surface area contributed by atoms with E-state index in [0.717, 1.165) is 10.5 Å². The molecule has 0 aliphatic carbocycles. The van der Waals surface area contributed by atoms with Crippen LogP contribution in [0.15, 0.2) is 29.3 Å². The summed E-state index contributed by atoms with van der Waals surface area (Å²) < 4.78 is 10.1. The Morgan fingerprint density at radius 3 is 2.58 bits per heavy atom. The van der Waals surface area contributed by atoms with E-state index in [1.807, 2.05) is 0 Å². The standard InChI is InChI=1S/C17H18ClNO5/c1-4-23-16(21)9-24-14-7-11(5-6-13(14)18)19-15(20)8-12(10(2)3)17(19)22/h5-7H,4,8-9H2,1-3H3. The SMILES string of the molecule is CCOC(=O)COc1cc(N2C(=O)CC(=C(C)C)C2=O)ccc1Cl. The number of carbonyl (C=O) groups excluding carboxylic acids is 3. The van der Waals surface area contributed by atoms with E-state index in [4.69, 9.17) is 21.1 Å². The Kier molecular flexibility index (Phi) is 5.62. The molecular weight excluding hydrogens is 334 g/mol. The fourth-order valence-corrected chi connectivity index (χ4v) is 2.46. The molecule has 0 saturated carbocycles. The van der Waals surface area contributed by atoms with E-state index in [2.05, 4.69) is 0 Å². The third-order valence-electron chi connectivity index (χ3n) is 3.47. The third-order valence-corrected chi connectivity index (χ3v) is 3.78. The molecule has 0 atom stereocenters. The van der Waals surface area contributed by atoms with Crippen LogP contribution in [-0.2, 0) is 19.1 Å². The van der Waals surface area contributed by atoms with Crippen molar-refractivity contribution in [2.24, 2.45) is 0 Å². The summed E-state index contributed by atoms with van der Waals surface area (Å²) in [5.74, 6) is -0.985. The molecule has 2 rings (SSSR count). The molecular formula is C17H18ClNO5. The molecule has 0 bridgehead atoms. The van der Waals surface area contributed by atoms with Crippen molar-refractivity contribution < 1.29 is 23.9 Å². The number of rotatable bonds is 5. The van der Waals surface area contributed by atoms with Gasteiger partial charge in [-0.3, -0.25) is 9.59 Å². The van der Waals surface area contributed by atoms with Gasteiger partial charge in [0.05, 0.1) is 23.7 Å². The Labute approximate surface area is 145 Å². The predicted molar refractivity (Wildman–Crippen MR) is 89.1 cm³/mol. The summed E-state index contributed by atoms with van der Waals surface area (Å²) in [6, 6.07) is 4.53. The fourth-order valence-electron chi connectivity index (χ4n) is 2.29. The first-order valence-electron chi connectivity index (χ1n) is 7.46. The lowest BCUT2D eigenvalue weighted by atomic mass is 10.1. The van der Waals surface area contributed by atoms with Gasteiger partial charge in [-0.05, 0) is 32.9 Å². The molecule has 1 aromatic carbocycles. The monoisotopic (exact) mass is 351 g/mol. The topological polar surface area (TPSA) is 72.9 Å². The van der Waals surface area contributed by atoms with Crippen molar-refractivity contribution in [3.05, 3.63) is 34.4 Å². The molecule has 2 amide bonds. The van der Waals surface area contributed by atoms with Crippen LogP contribution in [0.4, 0.5) is 5.69 Å². The van der Waals surface area contributed by atoms with Crippen LogP contribution in [0.3, 0.4) is 0 Å². The molecule has 1 aliphatic rings. The van der Waals surface area contributed by atoms with Crippen LogP contribution in [0.25, 0.3) is 0 Å². The highest BCUT2D eigenvalue weighted by molar-refractivity contribution is 6.32. The zero-order valence-corrected chi connectivity index (χ0v) is 14.5. The number of anilines is 1. The van der Waals surface area contributed by atoms with Crippen molar-refractivity contribution in [1.29, 1.82) is 0 Å². The number of ether oxygens (including phenoxy) is 2. The van der Waals surface area contributed by atoms with Crippen LogP contribution in [0.1, 0.15) is 27.2 Å². The van der Waals surface area contributed by atoms with Gasteiger partial charge in [0.15, 0.2) is 6.61 Å². The summed E-state index contributed by atoms with van der Waals surface area (Å²) in [4.78, 5) is 37.0. The Morgan fingerprint density at radius 2 is 2.00 bits per heavy atom. The van der Waals surface area contributed by atoms with Crippen molar-refractivity contribution in [3.63, 3.8) is 0 Å². The largest absolute Gasteiger partial charge is 0.480 e. The van der Waals surface area contributed by atoms with Crippen molar-refractivity contribution in [3.8, 4) is 5.75 Å². The number of hydrogen-bond donors (Lipinski definition) is 0. The first kappa shape index (κ1) is 18.0. The predicted octanol–water partition coefficient (Wildman–Crippen LogP) is 2.88. The highest BCUT2D eigenvalue weighted by atomic mass is 35.5. The molecule has 0 spiro atoms. The molecule has 1 fully saturated rings. The lowest BCUT2D eigenvalue weighted by Gasteiger charge is -2.16. The maximum absolute atomic E-state index is 12.4. The van der Waals surface area contributed by atoms with Crippen LogP contribution in [0.2, 0.25) is 5.02 Å². The Hall–Kier alpha value is -2.34. The highest BCUT2D eigenvalue weighted by Gasteiger charge is 2.35. The van der Waals surface area contributed by atoms with Crippen LogP contribution in [-0.4, -0.2) is 31.0 Å². The summed E-state index contributed by atoms with van der Waals surface area (Å²) in [5.41, 5.74) is 1.65. The normalized spacial score (nSPS) is 14.2. The van der Waals surface area contributed by atoms with E-state index >= 15 is 0 Å². The summed E-state index contributed by atoms with van der Waals surface area (Å²) in [7, 11) is 0. The van der Waals surface area contributed by atoms with E-state index < -0.39 is 5.97 Å². The summed E-state index contributed by atoms with van der Waals surface area (Å²) in [6.07, 6.45) is 0.0722. The lowest BCUT2D eigenvalue weighted by molar-refractivity contribution is -0.145. The molecule has 0 aromatic heterocycles. The van der Waals surface area contributed by atoms with Gasteiger partial charge in [0.2, 0.25) is 5.91 Å². The van der Waals surface area contributed by atoms with Gasteiger partial charge in [0.25, 0.3) is 5.91 Å². The summed E-state index contributed by atoms with van der Waals surface area (Å²) in [6.45, 7) is 5.22. The third kappa shape index (κ3) is 3.76. The first-order valence-corrected chi connectivity index (χ1v) is 7.84. The van der Waals surface area contributed by atoms with Crippen LogP contribution in [0, 0.1) is 0 Å². The quantitative estimate of drug-likeness (QED) is 0.463. The molecule has 1 aromatic rings. The van der Waals surface area contributed by atoms with E-state index in [1.54, 1.807) is 26.8 Å². The zero-order chi connectivity index (χ0) is 17.9. The van der Waals surface area contributed by atoms with Crippen molar-refractivity contribution in [1.82, 2.24) is 0 Å². The zero-order valence-electron chi connectivity index (χ0n) is 13.7. The van der Waals surface area contributed by atoms with Crippen LogP contribution in [0.5, 0.6) is 5.75 Å². The average molecular weight is 352 g/mol. The van der Waals surface area contributed by atoms with Gasteiger partial charge in [-0.1, -0.05) is 17.2 Å². The first-order chi connectivity index (χ1) is 11.3. The highest BCUT2D eigenvalue weighted by Crippen LogP contribution is 2.33. The molecule has 0 N–H and O–H groups in total. The maximum atomic E-state index is 12.4. The maximum Gasteiger partial charge on any atom is 0.344 e. The van der Waals surface area contributed by atoms with Crippen LogP contribution < -0.4 is 9.64 Å². The second-order valence-corrected chi connectivity index (χ2v) is 5.81. The molecule has 1 aliphatic heterocycles. The van der Waals surface area contributed by atoms with Crippen molar-refractivity contribution in [2.75, 3.05) is 18.1 Å². The lowest BCUT2D eigenvalue weighted by Crippen LogP contribution is -2.29. The number of imide groups is 1. The summed E-state index contributed by atoms with van der Waals surface area (Å²) >= 11 is 6.04.